The van der Waals surface area contributed by atoms with Crippen molar-refractivity contribution in [1.82, 2.24) is 15.5 Å². The molecule has 2 N–H and O–H groups in total. The molecular weight excluding hydrogens is 274 g/mol. The summed E-state index contributed by atoms with van der Waals surface area (Å²) in [5.41, 5.74) is 1.25. The summed E-state index contributed by atoms with van der Waals surface area (Å²) in [7, 11) is 0. The fourth-order valence-electron chi connectivity index (χ4n) is 2.16. The first-order valence-electron chi connectivity index (χ1n) is 6.64. The molecule has 0 radical (unpaired) electrons. The van der Waals surface area contributed by atoms with Gasteiger partial charge in [-0.2, -0.15) is 4.98 Å². The fraction of sp³-hybridized carbons (Fsp3) is 0.429. The van der Waals surface area contributed by atoms with E-state index in [0.29, 0.717) is 30.4 Å². The molecule has 106 valence electrons. The average molecular weight is 291 g/mol. The lowest BCUT2D eigenvalue weighted by molar-refractivity contribution is 0.191. The third-order valence-electron chi connectivity index (χ3n) is 3.28. The Bertz CT molecular complexity index is 570. The van der Waals surface area contributed by atoms with Gasteiger partial charge < -0.3 is 14.9 Å². The largest absolute Gasteiger partial charge is 0.392 e. The molecule has 1 aliphatic rings. The molecule has 1 aromatic heterocycles. The molecule has 6 heteroatoms. The molecule has 2 atom stereocenters. The van der Waals surface area contributed by atoms with E-state index in [2.05, 4.69) is 46.6 Å². The summed E-state index contributed by atoms with van der Waals surface area (Å²) in [4.78, 5) is 5.58. The molecule has 20 heavy (non-hydrogen) atoms. The molecular formula is C14H17N3O2S. The van der Waals surface area contributed by atoms with Crippen LogP contribution in [0.4, 0.5) is 0 Å². The Morgan fingerprint density at radius 2 is 2.20 bits per heavy atom. The minimum atomic E-state index is -0.322. The molecule has 5 nitrogen and oxygen atoms in total. The number of aliphatic hydroxyl groups is 1. The molecule has 0 spiro atoms. The van der Waals surface area contributed by atoms with Gasteiger partial charge in [0.1, 0.15) is 0 Å². The number of aryl methyl sites for hydroxylation is 1. The van der Waals surface area contributed by atoms with E-state index in [1.807, 2.05) is 0 Å². The normalized spacial score (nSPS) is 22.3. The summed E-state index contributed by atoms with van der Waals surface area (Å²) in [6, 6.07) is 8.35. The Hall–Kier alpha value is -1.37. The molecule has 3 rings (SSSR count). The molecule has 1 saturated heterocycles. The van der Waals surface area contributed by atoms with Gasteiger partial charge in [0.05, 0.1) is 17.9 Å². The number of aromatic nitrogens is 2. The van der Waals surface area contributed by atoms with Gasteiger partial charge in [0.25, 0.3) is 0 Å². The zero-order valence-electron chi connectivity index (χ0n) is 11.2. The molecule has 0 unspecified atom stereocenters. The molecule has 2 aromatic rings. The quantitative estimate of drug-likeness (QED) is 0.840. The van der Waals surface area contributed by atoms with Crippen molar-refractivity contribution >= 4 is 11.8 Å². The second-order valence-electron chi connectivity index (χ2n) is 5.00. The van der Waals surface area contributed by atoms with E-state index in [1.165, 1.54) is 10.5 Å². The van der Waals surface area contributed by atoms with Crippen LogP contribution in [-0.4, -0.2) is 27.9 Å². The molecule has 2 heterocycles. The minimum Gasteiger partial charge on any atom is -0.392 e. The van der Waals surface area contributed by atoms with Crippen molar-refractivity contribution in [2.45, 2.75) is 36.1 Å². The topological polar surface area (TPSA) is 71.2 Å². The van der Waals surface area contributed by atoms with Gasteiger partial charge in [-0.25, -0.2) is 0 Å². The molecule has 0 bridgehead atoms. The van der Waals surface area contributed by atoms with E-state index >= 15 is 0 Å². The summed E-state index contributed by atoms with van der Waals surface area (Å²) < 4.78 is 5.26. The molecule has 1 aliphatic heterocycles. The second-order valence-corrected chi connectivity index (χ2v) is 6.05. The van der Waals surface area contributed by atoms with Gasteiger partial charge in [-0.05, 0) is 25.5 Å². The van der Waals surface area contributed by atoms with Crippen LogP contribution in [0.3, 0.4) is 0 Å². The number of hydrogen-bond donors (Lipinski definition) is 2. The SMILES string of the molecule is Cc1ccc(SCc2noc([C@@H]3C[C@@H](O)CN3)n2)cc1. The Labute approximate surface area is 121 Å². The number of nitrogens with one attached hydrogen (secondary N) is 1. The van der Waals surface area contributed by atoms with Gasteiger partial charge in [-0.3, -0.25) is 0 Å². The van der Waals surface area contributed by atoms with E-state index in [4.69, 9.17) is 4.52 Å². The van der Waals surface area contributed by atoms with E-state index in [-0.39, 0.29) is 12.1 Å². The van der Waals surface area contributed by atoms with Gasteiger partial charge >= 0.3 is 0 Å². The predicted octanol–water partition coefficient (Wildman–Crippen LogP) is 2.07. The Kier molecular flexibility index (Phi) is 4.05. The molecule has 1 aromatic carbocycles. The molecule has 0 amide bonds. The third-order valence-corrected chi connectivity index (χ3v) is 4.29. The number of β-amino-alcohol motifs (C(OH)–C–C–N with tert-alkyl or cyclic N) is 1. The lowest BCUT2D eigenvalue weighted by Crippen LogP contribution is -2.15. The van der Waals surface area contributed by atoms with Crippen LogP contribution in [-0.2, 0) is 5.75 Å². The minimum absolute atomic E-state index is 0.0179. The van der Waals surface area contributed by atoms with Crippen LogP contribution in [0.15, 0.2) is 33.7 Å². The van der Waals surface area contributed by atoms with E-state index in [1.54, 1.807) is 11.8 Å². The van der Waals surface area contributed by atoms with Crippen LogP contribution in [0.1, 0.15) is 29.7 Å². The number of rotatable bonds is 4. The highest BCUT2D eigenvalue weighted by atomic mass is 32.2. The van der Waals surface area contributed by atoms with Crippen molar-refractivity contribution in [2.75, 3.05) is 6.54 Å². The summed E-state index contributed by atoms with van der Waals surface area (Å²) in [5.74, 6) is 1.94. The first kappa shape index (κ1) is 13.6. The molecule has 0 aliphatic carbocycles. The van der Waals surface area contributed by atoms with E-state index in [0.717, 1.165) is 0 Å². The number of nitrogens with zero attached hydrogens (tertiary/aromatic N) is 2. The van der Waals surface area contributed by atoms with Crippen molar-refractivity contribution in [2.24, 2.45) is 0 Å². The number of aliphatic hydroxyl groups excluding tert-OH is 1. The zero-order chi connectivity index (χ0) is 13.9. The van der Waals surface area contributed by atoms with Crippen molar-refractivity contribution < 1.29 is 9.63 Å². The highest BCUT2D eigenvalue weighted by molar-refractivity contribution is 7.98. The Morgan fingerprint density at radius 3 is 2.90 bits per heavy atom. The third kappa shape index (κ3) is 3.20. The summed E-state index contributed by atoms with van der Waals surface area (Å²) in [5, 5.41) is 16.6. The predicted molar refractivity (Wildman–Crippen MR) is 76.4 cm³/mol. The van der Waals surface area contributed by atoms with E-state index in [9.17, 15) is 5.11 Å². The van der Waals surface area contributed by atoms with Crippen LogP contribution < -0.4 is 5.32 Å². The summed E-state index contributed by atoms with van der Waals surface area (Å²) in [6.45, 7) is 2.66. The van der Waals surface area contributed by atoms with Crippen molar-refractivity contribution in [3.63, 3.8) is 0 Å². The van der Waals surface area contributed by atoms with Crippen LogP contribution in [0.2, 0.25) is 0 Å². The van der Waals surface area contributed by atoms with Gasteiger partial charge in [-0.15, -0.1) is 11.8 Å². The Morgan fingerprint density at radius 1 is 1.40 bits per heavy atom. The van der Waals surface area contributed by atoms with Crippen LogP contribution in [0, 0.1) is 6.92 Å². The smallest absolute Gasteiger partial charge is 0.243 e. The summed E-state index contributed by atoms with van der Waals surface area (Å²) in [6.07, 6.45) is 0.310. The standard InChI is InChI=1S/C14H17N3O2S/c1-9-2-4-11(5-3-9)20-8-13-16-14(19-17-13)12-6-10(18)7-15-12/h2-5,10,12,15,18H,6-8H2,1H3/t10-,12+/m1/s1. The summed E-state index contributed by atoms with van der Waals surface area (Å²) >= 11 is 1.68. The van der Waals surface area contributed by atoms with Crippen molar-refractivity contribution in [1.29, 1.82) is 0 Å². The highest BCUT2D eigenvalue weighted by Gasteiger charge is 2.27. The van der Waals surface area contributed by atoms with Gasteiger partial charge in [0, 0.05) is 11.4 Å². The highest BCUT2D eigenvalue weighted by Crippen LogP contribution is 2.25. The number of thioether (sulfide) groups is 1. The fourth-order valence-corrected chi connectivity index (χ4v) is 2.90. The van der Waals surface area contributed by atoms with Gasteiger partial charge in [0.2, 0.25) is 5.89 Å². The second kappa shape index (κ2) is 5.95. The van der Waals surface area contributed by atoms with Gasteiger partial charge in [-0.1, -0.05) is 22.9 Å². The first-order valence-corrected chi connectivity index (χ1v) is 7.62. The van der Waals surface area contributed by atoms with Crippen LogP contribution in [0.5, 0.6) is 0 Å². The number of hydrogen-bond acceptors (Lipinski definition) is 6. The monoisotopic (exact) mass is 291 g/mol. The maximum Gasteiger partial charge on any atom is 0.243 e. The lowest BCUT2D eigenvalue weighted by atomic mass is 10.2. The number of benzene rings is 1. The lowest BCUT2D eigenvalue weighted by Gasteiger charge is -2.01. The zero-order valence-corrected chi connectivity index (χ0v) is 12.1. The molecule has 1 fully saturated rings. The van der Waals surface area contributed by atoms with Crippen molar-refractivity contribution in [3.8, 4) is 0 Å². The van der Waals surface area contributed by atoms with Gasteiger partial charge in [0.15, 0.2) is 5.82 Å². The van der Waals surface area contributed by atoms with Crippen molar-refractivity contribution in [3.05, 3.63) is 41.5 Å². The Balaban J connectivity index is 1.58. The van der Waals surface area contributed by atoms with Crippen LogP contribution in [0.25, 0.3) is 0 Å². The maximum atomic E-state index is 9.49. The van der Waals surface area contributed by atoms with Crippen LogP contribution >= 0.6 is 11.8 Å². The first-order chi connectivity index (χ1) is 9.70. The van der Waals surface area contributed by atoms with E-state index < -0.39 is 0 Å². The maximum absolute atomic E-state index is 9.49. The average Bonchev–Trinajstić information content (AvgIpc) is 3.07. The molecule has 0 saturated carbocycles.